The van der Waals surface area contributed by atoms with Gasteiger partial charge in [0, 0.05) is 18.5 Å². The molecule has 1 saturated heterocycles. The van der Waals surface area contributed by atoms with Crippen molar-refractivity contribution in [3.8, 4) is 0 Å². The van der Waals surface area contributed by atoms with Gasteiger partial charge in [-0.05, 0) is 19.4 Å². The van der Waals surface area contributed by atoms with Crippen LogP contribution in [0.2, 0.25) is 0 Å². The van der Waals surface area contributed by atoms with E-state index in [9.17, 15) is 0 Å². The fourth-order valence-electron chi connectivity index (χ4n) is 2.23. The summed E-state index contributed by atoms with van der Waals surface area (Å²) >= 11 is 0. The lowest BCUT2D eigenvalue weighted by Gasteiger charge is -2.38. The van der Waals surface area contributed by atoms with Crippen LogP contribution in [0.5, 0.6) is 0 Å². The molecule has 1 aromatic rings. The average molecular weight is 219 g/mol. The summed E-state index contributed by atoms with van der Waals surface area (Å²) < 4.78 is 5.24. The van der Waals surface area contributed by atoms with E-state index in [0.29, 0.717) is 5.41 Å². The van der Waals surface area contributed by atoms with Crippen LogP contribution in [0.3, 0.4) is 0 Å². The van der Waals surface area contributed by atoms with Crippen LogP contribution in [-0.4, -0.2) is 19.8 Å². The van der Waals surface area contributed by atoms with Crippen LogP contribution in [0, 0.1) is 19.3 Å². The van der Waals surface area contributed by atoms with Crippen molar-refractivity contribution in [2.24, 2.45) is 5.41 Å². The predicted molar refractivity (Wildman–Crippen MR) is 66.5 cm³/mol. The molecule has 1 fully saturated rings. The highest BCUT2D eigenvalue weighted by atomic mass is 16.5. The van der Waals surface area contributed by atoms with Crippen molar-refractivity contribution in [2.75, 3.05) is 19.8 Å². The van der Waals surface area contributed by atoms with Gasteiger partial charge in [0.15, 0.2) is 0 Å². The highest BCUT2D eigenvalue weighted by Gasteiger charge is 2.32. The zero-order chi connectivity index (χ0) is 11.6. The molecule has 1 aliphatic heterocycles. The maximum atomic E-state index is 5.24. The fourth-order valence-corrected chi connectivity index (χ4v) is 2.23. The Bertz CT molecular complexity index is 349. The lowest BCUT2D eigenvalue weighted by atomic mass is 9.89. The topological polar surface area (TPSA) is 21.3 Å². The van der Waals surface area contributed by atoms with Crippen molar-refractivity contribution < 1.29 is 4.74 Å². The predicted octanol–water partition coefficient (Wildman–Crippen LogP) is 2.43. The maximum Gasteiger partial charge on any atom is 0.0554 e. The molecular formula is C14H21NO. The van der Waals surface area contributed by atoms with E-state index in [4.69, 9.17) is 4.74 Å². The van der Waals surface area contributed by atoms with Crippen LogP contribution < -0.4 is 5.32 Å². The quantitative estimate of drug-likeness (QED) is 0.839. The van der Waals surface area contributed by atoms with Crippen molar-refractivity contribution in [3.05, 3.63) is 34.9 Å². The van der Waals surface area contributed by atoms with Crippen LogP contribution in [0.1, 0.15) is 23.6 Å². The minimum atomic E-state index is 0.360. The van der Waals surface area contributed by atoms with Gasteiger partial charge in [-0.25, -0.2) is 0 Å². The maximum absolute atomic E-state index is 5.24. The van der Waals surface area contributed by atoms with E-state index in [1.165, 1.54) is 16.7 Å². The van der Waals surface area contributed by atoms with Crippen molar-refractivity contribution in [1.82, 2.24) is 5.32 Å². The molecule has 0 saturated carbocycles. The second-order valence-corrected chi connectivity index (χ2v) is 5.40. The van der Waals surface area contributed by atoms with Gasteiger partial charge >= 0.3 is 0 Å². The molecule has 2 rings (SSSR count). The number of benzene rings is 1. The number of hydrogen-bond acceptors (Lipinski definition) is 2. The summed E-state index contributed by atoms with van der Waals surface area (Å²) in [7, 11) is 0. The summed E-state index contributed by atoms with van der Waals surface area (Å²) in [5.74, 6) is 0. The zero-order valence-corrected chi connectivity index (χ0v) is 10.5. The van der Waals surface area contributed by atoms with Gasteiger partial charge < -0.3 is 10.1 Å². The Morgan fingerprint density at radius 1 is 1.19 bits per heavy atom. The summed E-state index contributed by atoms with van der Waals surface area (Å²) in [6.07, 6.45) is 0. The molecule has 1 aromatic carbocycles. The molecule has 1 heterocycles. The summed E-state index contributed by atoms with van der Waals surface area (Å²) in [5, 5.41) is 3.52. The largest absolute Gasteiger partial charge is 0.380 e. The summed E-state index contributed by atoms with van der Waals surface area (Å²) in [6, 6.07) is 6.71. The molecule has 0 amide bonds. The van der Waals surface area contributed by atoms with E-state index < -0.39 is 0 Å². The van der Waals surface area contributed by atoms with Crippen LogP contribution in [0.15, 0.2) is 18.2 Å². The molecule has 1 N–H and O–H groups in total. The van der Waals surface area contributed by atoms with E-state index in [1.807, 2.05) is 0 Å². The third-order valence-electron chi connectivity index (χ3n) is 3.06. The van der Waals surface area contributed by atoms with E-state index in [1.54, 1.807) is 0 Å². The first-order chi connectivity index (χ1) is 7.57. The second kappa shape index (κ2) is 4.56. The van der Waals surface area contributed by atoms with Gasteiger partial charge in [0.05, 0.1) is 13.2 Å². The number of ether oxygens (including phenoxy) is 1. The summed E-state index contributed by atoms with van der Waals surface area (Å²) in [5.41, 5.74) is 4.42. The number of nitrogens with one attached hydrogen (secondary N) is 1. The van der Waals surface area contributed by atoms with Crippen molar-refractivity contribution in [1.29, 1.82) is 0 Å². The van der Waals surface area contributed by atoms with Gasteiger partial charge in [-0.15, -0.1) is 0 Å². The number of hydrogen-bond donors (Lipinski definition) is 1. The summed E-state index contributed by atoms with van der Waals surface area (Å²) in [4.78, 5) is 0. The first kappa shape index (κ1) is 11.6. The van der Waals surface area contributed by atoms with Crippen molar-refractivity contribution in [3.63, 3.8) is 0 Å². The molecule has 0 unspecified atom stereocenters. The Kier molecular flexibility index (Phi) is 3.31. The number of rotatable bonds is 4. The standard InChI is InChI=1S/C14H21NO/c1-11-4-12(2)6-13(5-11)7-15-8-14(3)9-16-10-14/h4-6,15H,7-10H2,1-3H3. The summed E-state index contributed by atoms with van der Waals surface area (Å²) in [6.45, 7) is 10.4. The molecule has 0 bridgehead atoms. The molecule has 16 heavy (non-hydrogen) atoms. The Balaban J connectivity index is 1.84. The number of aryl methyl sites for hydroxylation is 2. The monoisotopic (exact) mass is 219 g/mol. The smallest absolute Gasteiger partial charge is 0.0554 e. The average Bonchev–Trinajstić information content (AvgIpc) is 2.13. The van der Waals surface area contributed by atoms with Gasteiger partial charge in [-0.1, -0.05) is 36.2 Å². The SMILES string of the molecule is Cc1cc(C)cc(CNCC2(C)COC2)c1. The lowest BCUT2D eigenvalue weighted by molar-refractivity contribution is -0.0991. The Labute approximate surface area is 98.0 Å². The molecule has 2 nitrogen and oxygen atoms in total. The first-order valence-electron chi connectivity index (χ1n) is 5.93. The van der Waals surface area contributed by atoms with Gasteiger partial charge in [0.1, 0.15) is 0 Å². The highest BCUT2D eigenvalue weighted by molar-refractivity contribution is 5.28. The van der Waals surface area contributed by atoms with E-state index >= 15 is 0 Å². The first-order valence-corrected chi connectivity index (χ1v) is 5.93. The third-order valence-corrected chi connectivity index (χ3v) is 3.06. The van der Waals surface area contributed by atoms with Crippen LogP contribution >= 0.6 is 0 Å². The van der Waals surface area contributed by atoms with Gasteiger partial charge in [-0.3, -0.25) is 0 Å². The molecular weight excluding hydrogens is 198 g/mol. The van der Waals surface area contributed by atoms with Crippen molar-refractivity contribution in [2.45, 2.75) is 27.3 Å². The lowest BCUT2D eigenvalue weighted by Crippen LogP contribution is -2.47. The molecule has 0 aromatic heterocycles. The van der Waals surface area contributed by atoms with Gasteiger partial charge in [0.2, 0.25) is 0 Å². The van der Waals surface area contributed by atoms with Gasteiger partial charge in [-0.2, -0.15) is 0 Å². The highest BCUT2D eigenvalue weighted by Crippen LogP contribution is 2.25. The van der Waals surface area contributed by atoms with Crippen molar-refractivity contribution >= 4 is 0 Å². The molecule has 0 atom stereocenters. The Morgan fingerprint density at radius 2 is 1.81 bits per heavy atom. The molecule has 88 valence electrons. The van der Waals surface area contributed by atoms with E-state index in [-0.39, 0.29) is 0 Å². The zero-order valence-electron chi connectivity index (χ0n) is 10.5. The molecule has 2 heteroatoms. The molecule has 0 radical (unpaired) electrons. The minimum Gasteiger partial charge on any atom is -0.380 e. The van der Waals surface area contributed by atoms with Crippen LogP contribution in [0.4, 0.5) is 0 Å². The minimum absolute atomic E-state index is 0.360. The van der Waals surface area contributed by atoms with E-state index in [2.05, 4.69) is 44.3 Å². The second-order valence-electron chi connectivity index (χ2n) is 5.40. The third kappa shape index (κ3) is 2.83. The normalized spacial score (nSPS) is 18.2. The molecule has 0 aliphatic carbocycles. The Morgan fingerprint density at radius 3 is 2.31 bits per heavy atom. The fraction of sp³-hybridized carbons (Fsp3) is 0.571. The van der Waals surface area contributed by atoms with Gasteiger partial charge in [0.25, 0.3) is 0 Å². The van der Waals surface area contributed by atoms with E-state index in [0.717, 1.165) is 26.3 Å². The molecule has 0 spiro atoms. The Hall–Kier alpha value is -0.860. The van der Waals surface area contributed by atoms with Crippen LogP contribution in [0.25, 0.3) is 0 Å². The van der Waals surface area contributed by atoms with Crippen LogP contribution in [-0.2, 0) is 11.3 Å². The molecule has 1 aliphatic rings.